The quantitative estimate of drug-likeness (QED) is 0.501. The maximum Gasteiger partial charge on any atom is 0.326 e. The van der Waals surface area contributed by atoms with Gasteiger partial charge in [0.1, 0.15) is 6.04 Å². The summed E-state index contributed by atoms with van der Waals surface area (Å²) in [6, 6.07) is -1.24. The van der Waals surface area contributed by atoms with Crippen LogP contribution in [0.4, 0.5) is 4.79 Å². The summed E-state index contributed by atoms with van der Waals surface area (Å²) in [5.41, 5.74) is 0. The number of rotatable bonds is 11. The highest BCUT2D eigenvalue weighted by molar-refractivity contribution is 5.82. The third kappa shape index (κ3) is 10.3. The van der Waals surface area contributed by atoms with Crippen molar-refractivity contribution in [2.75, 3.05) is 19.8 Å². The second-order valence-corrected chi connectivity index (χ2v) is 4.40. The Morgan fingerprint density at radius 1 is 1.16 bits per heavy atom. The van der Waals surface area contributed by atoms with Crippen molar-refractivity contribution < 1.29 is 19.4 Å². The molecule has 0 unspecified atom stereocenters. The fourth-order valence-corrected chi connectivity index (χ4v) is 1.50. The zero-order valence-electron chi connectivity index (χ0n) is 11.9. The number of unbranched alkanes of at least 4 members (excludes halogenated alkanes) is 1. The summed E-state index contributed by atoms with van der Waals surface area (Å²) in [5.74, 6) is -0.991. The molecule has 0 radical (unpaired) electrons. The normalized spacial score (nSPS) is 11.9. The summed E-state index contributed by atoms with van der Waals surface area (Å²) in [5, 5.41) is 14.0. The molecule has 0 aromatic heterocycles. The van der Waals surface area contributed by atoms with E-state index >= 15 is 0 Å². The second-order valence-electron chi connectivity index (χ2n) is 4.40. The van der Waals surface area contributed by atoms with E-state index in [0.717, 1.165) is 32.3 Å². The molecule has 0 fully saturated rings. The van der Waals surface area contributed by atoms with Gasteiger partial charge in [0, 0.05) is 19.8 Å². The number of nitrogens with one attached hydrogen (secondary N) is 2. The van der Waals surface area contributed by atoms with Crippen LogP contribution in [-0.2, 0) is 9.53 Å². The molecule has 0 bridgehead atoms. The number of ether oxygens (including phenoxy) is 1. The third-order valence-electron chi connectivity index (χ3n) is 2.55. The van der Waals surface area contributed by atoms with Crippen molar-refractivity contribution in [3.63, 3.8) is 0 Å². The van der Waals surface area contributed by atoms with Crippen LogP contribution in [-0.4, -0.2) is 42.9 Å². The predicted molar refractivity (Wildman–Crippen MR) is 73.2 cm³/mol. The highest BCUT2D eigenvalue weighted by atomic mass is 16.5. The second kappa shape index (κ2) is 11.8. The van der Waals surface area contributed by atoms with E-state index in [1.165, 1.54) is 0 Å². The summed E-state index contributed by atoms with van der Waals surface area (Å²) >= 11 is 0. The number of aliphatic carboxylic acids is 1. The minimum Gasteiger partial charge on any atom is -0.480 e. The van der Waals surface area contributed by atoms with Crippen LogP contribution in [0.2, 0.25) is 0 Å². The molecule has 0 saturated heterocycles. The molecular weight excluding hydrogens is 248 g/mol. The predicted octanol–water partition coefficient (Wildman–Crippen LogP) is 1.75. The van der Waals surface area contributed by atoms with Crippen molar-refractivity contribution in [2.45, 2.75) is 52.0 Å². The lowest BCUT2D eigenvalue weighted by atomic mass is 10.1. The summed E-state index contributed by atoms with van der Waals surface area (Å²) in [7, 11) is 0. The zero-order valence-corrected chi connectivity index (χ0v) is 11.9. The number of carboxylic acid groups (broad SMARTS) is 1. The molecule has 19 heavy (non-hydrogen) atoms. The molecule has 0 spiro atoms. The van der Waals surface area contributed by atoms with Crippen LogP contribution >= 0.6 is 0 Å². The largest absolute Gasteiger partial charge is 0.480 e. The number of carbonyl (C=O) groups is 2. The van der Waals surface area contributed by atoms with Gasteiger partial charge < -0.3 is 20.5 Å². The Morgan fingerprint density at radius 3 is 2.47 bits per heavy atom. The van der Waals surface area contributed by atoms with Gasteiger partial charge in [-0.25, -0.2) is 9.59 Å². The van der Waals surface area contributed by atoms with Crippen molar-refractivity contribution in [1.29, 1.82) is 0 Å². The van der Waals surface area contributed by atoms with Gasteiger partial charge in [0.15, 0.2) is 0 Å². The van der Waals surface area contributed by atoms with Gasteiger partial charge in [0.2, 0.25) is 0 Å². The number of hydrogen-bond donors (Lipinski definition) is 3. The molecule has 3 N–H and O–H groups in total. The molecule has 0 aliphatic rings. The highest BCUT2D eigenvalue weighted by Crippen LogP contribution is 2.00. The Labute approximate surface area is 114 Å². The highest BCUT2D eigenvalue weighted by Gasteiger charge is 2.18. The first-order chi connectivity index (χ1) is 9.11. The van der Waals surface area contributed by atoms with Crippen molar-refractivity contribution in [1.82, 2.24) is 10.6 Å². The first kappa shape index (κ1) is 17.7. The minimum atomic E-state index is -0.991. The van der Waals surface area contributed by atoms with E-state index in [4.69, 9.17) is 9.84 Å². The third-order valence-corrected chi connectivity index (χ3v) is 2.55. The van der Waals surface area contributed by atoms with Crippen LogP contribution in [0.5, 0.6) is 0 Å². The number of amides is 2. The Bertz CT molecular complexity index is 259. The molecule has 0 aromatic carbocycles. The molecule has 6 heteroatoms. The van der Waals surface area contributed by atoms with Gasteiger partial charge in [-0.2, -0.15) is 0 Å². The van der Waals surface area contributed by atoms with Gasteiger partial charge in [-0.1, -0.05) is 26.7 Å². The summed E-state index contributed by atoms with van der Waals surface area (Å²) in [6.07, 6.45) is 3.84. The number of urea groups is 1. The lowest BCUT2D eigenvalue weighted by Crippen LogP contribution is -2.46. The number of carboxylic acids is 1. The van der Waals surface area contributed by atoms with Crippen molar-refractivity contribution in [2.24, 2.45) is 0 Å². The van der Waals surface area contributed by atoms with Gasteiger partial charge in [0.25, 0.3) is 0 Å². The van der Waals surface area contributed by atoms with E-state index in [9.17, 15) is 9.59 Å². The zero-order chi connectivity index (χ0) is 14.5. The van der Waals surface area contributed by atoms with Gasteiger partial charge in [-0.3, -0.25) is 0 Å². The fraction of sp³-hybridized carbons (Fsp3) is 0.846. The molecule has 0 aromatic rings. The van der Waals surface area contributed by atoms with E-state index < -0.39 is 18.0 Å². The monoisotopic (exact) mass is 274 g/mol. The van der Waals surface area contributed by atoms with Crippen LogP contribution in [0.1, 0.15) is 46.0 Å². The smallest absolute Gasteiger partial charge is 0.326 e. The topological polar surface area (TPSA) is 87.7 Å². The molecule has 0 saturated carbocycles. The Morgan fingerprint density at radius 2 is 1.89 bits per heavy atom. The van der Waals surface area contributed by atoms with E-state index in [1.807, 2.05) is 13.8 Å². The van der Waals surface area contributed by atoms with E-state index in [0.29, 0.717) is 19.6 Å². The number of hydrogen-bond acceptors (Lipinski definition) is 3. The van der Waals surface area contributed by atoms with Crippen LogP contribution in [0, 0.1) is 0 Å². The Balaban J connectivity index is 3.71. The van der Waals surface area contributed by atoms with Crippen molar-refractivity contribution in [3.8, 4) is 0 Å². The van der Waals surface area contributed by atoms with E-state index in [2.05, 4.69) is 10.6 Å². The van der Waals surface area contributed by atoms with E-state index in [-0.39, 0.29) is 0 Å². The first-order valence-electron chi connectivity index (χ1n) is 6.96. The summed E-state index contributed by atoms with van der Waals surface area (Å²) < 4.78 is 5.27. The molecule has 0 aliphatic heterocycles. The standard InChI is InChI=1S/C13H26N2O4/c1-3-5-7-11(12(16)17)15-13(18)14-8-6-10-19-9-4-2/h11H,3-10H2,1-2H3,(H,16,17)(H2,14,15,18)/t11-/m0/s1. The summed E-state index contributed by atoms with van der Waals surface area (Å²) in [4.78, 5) is 22.4. The maximum absolute atomic E-state index is 11.5. The molecule has 2 amide bonds. The molecule has 0 aliphatic carbocycles. The minimum absolute atomic E-state index is 0.431. The van der Waals surface area contributed by atoms with E-state index in [1.54, 1.807) is 0 Å². The first-order valence-corrected chi connectivity index (χ1v) is 6.96. The Kier molecular flexibility index (Phi) is 11.0. The van der Waals surface area contributed by atoms with Crippen LogP contribution in [0.15, 0.2) is 0 Å². The molecule has 112 valence electrons. The van der Waals surface area contributed by atoms with Crippen LogP contribution in [0.3, 0.4) is 0 Å². The van der Waals surface area contributed by atoms with Gasteiger partial charge in [0.05, 0.1) is 0 Å². The lowest BCUT2D eigenvalue weighted by molar-refractivity contribution is -0.139. The van der Waals surface area contributed by atoms with Gasteiger partial charge in [-0.15, -0.1) is 0 Å². The van der Waals surface area contributed by atoms with Gasteiger partial charge >= 0.3 is 12.0 Å². The SMILES string of the molecule is CCCC[C@H](NC(=O)NCCCOCCC)C(=O)O. The van der Waals surface area contributed by atoms with Crippen LogP contribution in [0.25, 0.3) is 0 Å². The van der Waals surface area contributed by atoms with Crippen molar-refractivity contribution >= 4 is 12.0 Å². The van der Waals surface area contributed by atoms with Gasteiger partial charge in [-0.05, 0) is 19.3 Å². The fourth-order valence-electron chi connectivity index (χ4n) is 1.50. The van der Waals surface area contributed by atoms with Crippen LogP contribution < -0.4 is 10.6 Å². The average Bonchev–Trinajstić information content (AvgIpc) is 2.38. The average molecular weight is 274 g/mol. The molecule has 1 atom stereocenters. The Hall–Kier alpha value is -1.30. The molecule has 6 nitrogen and oxygen atoms in total. The molecule has 0 rings (SSSR count). The maximum atomic E-state index is 11.5. The molecular formula is C13H26N2O4. The lowest BCUT2D eigenvalue weighted by Gasteiger charge is -2.14. The summed E-state index contributed by atoms with van der Waals surface area (Å²) in [6.45, 7) is 5.83. The molecule has 0 heterocycles. The number of carbonyl (C=O) groups excluding carboxylic acids is 1. The van der Waals surface area contributed by atoms with Crippen molar-refractivity contribution in [3.05, 3.63) is 0 Å².